The molecule has 0 bridgehead atoms. The maximum Gasteiger partial charge on any atom is 0.325 e. The second-order valence-corrected chi connectivity index (χ2v) is 6.52. The molecule has 0 aromatic heterocycles. The first-order valence-electron chi connectivity index (χ1n) is 7.85. The minimum Gasteiger partial charge on any atom is -0.323 e. The van der Waals surface area contributed by atoms with E-state index in [-0.39, 0.29) is 11.9 Å². The minimum atomic E-state index is -0.613. The molecule has 5 nitrogen and oxygen atoms in total. The topological polar surface area (TPSA) is 52.7 Å². The molecular weight excluding hydrogens is 254 g/mol. The molecule has 0 radical (unpaired) electrons. The first kappa shape index (κ1) is 15.3. The number of nitrogens with zero attached hydrogens (tertiary/aromatic N) is 2. The number of amides is 3. The molecule has 114 valence electrons. The van der Waals surface area contributed by atoms with Gasteiger partial charge < -0.3 is 10.2 Å². The zero-order valence-electron chi connectivity index (χ0n) is 12.9. The molecule has 0 atom stereocenters. The zero-order chi connectivity index (χ0) is 14.8. The number of carbonyl (C=O) groups is 2. The fourth-order valence-corrected chi connectivity index (χ4v) is 3.17. The van der Waals surface area contributed by atoms with E-state index in [2.05, 4.69) is 31.0 Å². The van der Waals surface area contributed by atoms with Crippen molar-refractivity contribution in [2.75, 3.05) is 26.2 Å². The van der Waals surface area contributed by atoms with E-state index in [1.165, 1.54) is 4.90 Å². The molecule has 2 aliphatic heterocycles. The van der Waals surface area contributed by atoms with Crippen molar-refractivity contribution in [3.63, 3.8) is 0 Å². The van der Waals surface area contributed by atoms with Crippen LogP contribution in [0.2, 0.25) is 0 Å². The van der Waals surface area contributed by atoms with Gasteiger partial charge in [0, 0.05) is 26.2 Å². The Balaban J connectivity index is 1.96. The van der Waals surface area contributed by atoms with Gasteiger partial charge >= 0.3 is 6.03 Å². The van der Waals surface area contributed by atoms with E-state index in [1.807, 2.05) is 0 Å². The number of hydrogen-bond acceptors (Lipinski definition) is 3. The molecule has 2 saturated heterocycles. The van der Waals surface area contributed by atoms with Crippen LogP contribution in [0.5, 0.6) is 0 Å². The molecule has 1 N–H and O–H groups in total. The van der Waals surface area contributed by atoms with E-state index in [1.54, 1.807) is 0 Å². The average Bonchev–Trinajstić information content (AvgIpc) is 2.62. The van der Waals surface area contributed by atoms with Gasteiger partial charge in [0.1, 0.15) is 5.54 Å². The Labute approximate surface area is 121 Å². The lowest BCUT2D eigenvalue weighted by molar-refractivity contribution is -0.133. The van der Waals surface area contributed by atoms with Crippen LogP contribution in [0.25, 0.3) is 0 Å². The van der Waals surface area contributed by atoms with Crippen molar-refractivity contribution < 1.29 is 9.59 Å². The van der Waals surface area contributed by atoms with E-state index in [0.717, 1.165) is 45.3 Å². The van der Waals surface area contributed by atoms with Gasteiger partial charge in [-0.2, -0.15) is 0 Å². The van der Waals surface area contributed by atoms with Crippen LogP contribution in [0, 0.1) is 5.92 Å². The lowest BCUT2D eigenvalue weighted by Crippen LogP contribution is -2.55. The Morgan fingerprint density at radius 3 is 2.45 bits per heavy atom. The van der Waals surface area contributed by atoms with Gasteiger partial charge in [0.05, 0.1) is 0 Å². The molecule has 1 spiro atoms. The van der Waals surface area contributed by atoms with Crippen LogP contribution in [0.4, 0.5) is 4.79 Å². The summed E-state index contributed by atoms with van der Waals surface area (Å²) >= 11 is 0. The van der Waals surface area contributed by atoms with Gasteiger partial charge in [-0.25, -0.2) is 4.79 Å². The van der Waals surface area contributed by atoms with Gasteiger partial charge in [-0.05, 0) is 25.2 Å². The van der Waals surface area contributed by atoms with Gasteiger partial charge in [0.15, 0.2) is 0 Å². The highest BCUT2D eigenvalue weighted by molar-refractivity contribution is 6.07. The Morgan fingerprint density at radius 1 is 1.25 bits per heavy atom. The van der Waals surface area contributed by atoms with Crippen LogP contribution in [0.1, 0.15) is 46.5 Å². The number of likely N-dealkylation sites (tertiary alicyclic amines) is 1. The van der Waals surface area contributed by atoms with Gasteiger partial charge in [-0.3, -0.25) is 9.69 Å². The largest absolute Gasteiger partial charge is 0.325 e. The molecule has 3 amide bonds. The molecule has 2 heterocycles. The Morgan fingerprint density at radius 2 is 1.90 bits per heavy atom. The summed E-state index contributed by atoms with van der Waals surface area (Å²) in [6, 6.07) is -0.194. The van der Waals surface area contributed by atoms with Crippen LogP contribution < -0.4 is 5.32 Å². The van der Waals surface area contributed by atoms with E-state index < -0.39 is 5.54 Å². The number of rotatable bonds is 5. The van der Waals surface area contributed by atoms with Crippen molar-refractivity contribution in [1.82, 2.24) is 15.1 Å². The van der Waals surface area contributed by atoms with Gasteiger partial charge in [0.25, 0.3) is 5.91 Å². The van der Waals surface area contributed by atoms with Crippen LogP contribution in [-0.2, 0) is 4.79 Å². The Bertz CT molecular complexity index is 373. The van der Waals surface area contributed by atoms with Gasteiger partial charge in [-0.1, -0.05) is 27.2 Å². The SMILES string of the molecule is CCCCN1C(=O)NC2(CCN(CC(C)C)CC2)C1=O. The summed E-state index contributed by atoms with van der Waals surface area (Å²) in [7, 11) is 0. The Hall–Kier alpha value is -1.10. The van der Waals surface area contributed by atoms with Crippen LogP contribution >= 0.6 is 0 Å². The molecule has 20 heavy (non-hydrogen) atoms. The van der Waals surface area contributed by atoms with Crippen molar-refractivity contribution in [2.24, 2.45) is 5.92 Å². The molecule has 2 rings (SSSR count). The van der Waals surface area contributed by atoms with Crippen molar-refractivity contribution in [3.8, 4) is 0 Å². The lowest BCUT2D eigenvalue weighted by Gasteiger charge is -2.37. The van der Waals surface area contributed by atoms with Crippen molar-refractivity contribution in [3.05, 3.63) is 0 Å². The zero-order valence-corrected chi connectivity index (χ0v) is 12.9. The normalized spacial score (nSPS) is 22.9. The summed E-state index contributed by atoms with van der Waals surface area (Å²) in [5.74, 6) is 0.638. The number of urea groups is 1. The fourth-order valence-electron chi connectivity index (χ4n) is 3.17. The quantitative estimate of drug-likeness (QED) is 0.782. The summed E-state index contributed by atoms with van der Waals surface area (Å²) < 4.78 is 0. The summed E-state index contributed by atoms with van der Waals surface area (Å²) in [5, 5.41) is 2.96. The predicted octanol–water partition coefficient (Wildman–Crippen LogP) is 1.83. The molecule has 0 aromatic rings. The number of imide groups is 1. The van der Waals surface area contributed by atoms with Gasteiger partial charge in [-0.15, -0.1) is 0 Å². The minimum absolute atomic E-state index is 0.000136. The van der Waals surface area contributed by atoms with E-state index in [4.69, 9.17) is 0 Å². The summed E-state index contributed by atoms with van der Waals surface area (Å²) in [6.45, 7) is 9.89. The molecule has 2 fully saturated rings. The van der Waals surface area contributed by atoms with Crippen LogP contribution in [0.15, 0.2) is 0 Å². The summed E-state index contributed by atoms with van der Waals surface area (Å²) in [6.07, 6.45) is 3.36. The molecule has 2 aliphatic rings. The molecule has 0 aliphatic carbocycles. The third kappa shape index (κ3) is 2.97. The predicted molar refractivity (Wildman–Crippen MR) is 78.4 cm³/mol. The monoisotopic (exact) mass is 281 g/mol. The standard InChI is InChI=1S/C15H27N3O2/c1-4-5-8-18-13(19)15(16-14(18)20)6-9-17(10-7-15)11-12(2)3/h12H,4-11H2,1-3H3,(H,16,20). The van der Waals surface area contributed by atoms with E-state index >= 15 is 0 Å². The van der Waals surface area contributed by atoms with E-state index in [9.17, 15) is 9.59 Å². The molecule has 0 aromatic carbocycles. The first-order valence-corrected chi connectivity index (χ1v) is 7.85. The van der Waals surface area contributed by atoms with Crippen molar-refractivity contribution in [2.45, 2.75) is 52.0 Å². The number of nitrogens with one attached hydrogen (secondary N) is 1. The second kappa shape index (κ2) is 6.12. The highest BCUT2D eigenvalue weighted by atomic mass is 16.2. The number of hydrogen-bond donors (Lipinski definition) is 1. The molecular formula is C15H27N3O2. The van der Waals surface area contributed by atoms with E-state index in [0.29, 0.717) is 12.5 Å². The van der Waals surface area contributed by atoms with Gasteiger partial charge in [0.2, 0.25) is 0 Å². The fraction of sp³-hybridized carbons (Fsp3) is 0.867. The number of unbranched alkanes of at least 4 members (excludes halogenated alkanes) is 1. The van der Waals surface area contributed by atoms with Crippen molar-refractivity contribution in [1.29, 1.82) is 0 Å². The maximum atomic E-state index is 12.6. The summed E-state index contributed by atoms with van der Waals surface area (Å²) in [5.41, 5.74) is -0.613. The molecule has 5 heteroatoms. The number of carbonyl (C=O) groups excluding carboxylic acids is 2. The second-order valence-electron chi connectivity index (χ2n) is 6.52. The highest BCUT2D eigenvalue weighted by Gasteiger charge is 2.51. The maximum absolute atomic E-state index is 12.6. The molecule has 0 unspecified atom stereocenters. The number of piperidine rings is 1. The smallest absolute Gasteiger partial charge is 0.323 e. The summed E-state index contributed by atoms with van der Waals surface area (Å²) in [4.78, 5) is 28.4. The lowest BCUT2D eigenvalue weighted by atomic mass is 9.87. The third-order valence-electron chi connectivity index (χ3n) is 4.31. The first-order chi connectivity index (χ1) is 9.48. The highest BCUT2D eigenvalue weighted by Crippen LogP contribution is 2.29. The van der Waals surface area contributed by atoms with Crippen molar-refractivity contribution >= 4 is 11.9 Å². The average molecular weight is 281 g/mol. The third-order valence-corrected chi connectivity index (χ3v) is 4.31. The van der Waals surface area contributed by atoms with Crippen LogP contribution in [0.3, 0.4) is 0 Å². The Kier molecular flexibility index (Phi) is 4.68. The van der Waals surface area contributed by atoms with Crippen LogP contribution in [-0.4, -0.2) is 53.5 Å². The molecule has 0 saturated carbocycles.